The fourth-order valence-corrected chi connectivity index (χ4v) is 4.87. The molecule has 0 bridgehead atoms. The van der Waals surface area contributed by atoms with E-state index in [4.69, 9.17) is 0 Å². The van der Waals surface area contributed by atoms with Crippen LogP contribution in [0.1, 0.15) is 36.2 Å². The van der Waals surface area contributed by atoms with Crippen molar-refractivity contribution < 1.29 is 4.79 Å². The molecule has 1 aliphatic rings. The van der Waals surface area contributed by atoms with Gasteiger partial charge < -0.3 is 15.2 Å². The van der Waals surface area contributed by atoms with Crippen molar-refractivity contribution in [2.45, 2.75) is 31.8 Å². The molecule has 1 aliphatic heterocycles. The van der Waals surface area contributed by atoms with E-state index in [1.165, 1.54) is 0 Å². The summed E-state index contributed by atoms with van der Waals surface area (Å²) >= 11 is 0. The van der Waals surface area contributed by atoms with Crippen LogP contribution >= 0.6 is 0 Å². The Morgan fingerprint density at radius 2 is 1.75 bits per heavy atom. The van der Waals surface area contributed by atoms with Gasteiger partial charge in [-0.15, -0.1) is 0 Å². The SMILES string of the molecule is C[C@@H](CN1CCC(n2c(=O)[nH]c3ccccc32)CC1)NC(=O)c1ccc2ccccc2c1. The van der Waals surface area contributed by atoms with Gasteiger partial charge in [-0.25, -0.2) is 4.79 Å². The van der Waals surface area contributed by atoms with E-state index in [9.17, 15) is 9.59 Å². The lowest BCUT2D eigenvalue weighted by Gasteiger charge is -2.34. The summed E-state index contributed by atoms with van der Waals surface area (Å²) in [5.74, 6) is -0.0384. The van der Waals surface area contributed by atoms with Crippen LogP contribution in [-0.4, -0.2) is 46.0 Å². The van der Waals surface area contributed by atoms with Crippen LogP contribution in [0.3, 0.4) is 0 Å². The topological polar surface area (TPSA) is 70.1 Å². The molecule has 6 heteroatoms. The van der Waals surface area contributed by atoms with Crippen LogP contribution in [0.25, 0.3) is 21.8 Å². The van der Waals surface area contributed by atoms with E-state index in [0.717, 1.165) is 54.3 Å². The van der Waals surface area contributed by atoms with E-state index < -0.39 is 0 Å². The molecule has 0 saturated carbocycles. The number of hydrogen-bond donors (Lipinski definition) is 2. The molecule has 0 spiro atoms. The van der Waals surface area contributed by atoms with E-state index in [1.54, 1.807) is 0 Å². The molecule has 4 aromatic rings. The average Bonchev–Trinajstić information content (AvgIpc) is 3.15. The van der Waals surface area contributed by atoms with E-state index >= 15 is 0 Å². The van der Waals surface area contributed by atoms with Crippen molar-refractivity contribution >= 4 is 27.7 Å². The summed E-state index contributed by atoms with van der Waals surface area (Å²) < 4.78 is 1.91. The van der Waals surface area contributed by atoms with Crippen LogP contribution in [-0.2, 0) is 0 Å². The number of fused-ring (bicyclic) bond motifs is 2. The summed E-state index contributed by atoms with van der Waals surface area (Å²) in [5, 5.41) is 5.34. The molecule has 32 heavy (non-hydrogen) atoms. The van der Waals surface area contributed by atoms with Gasteiger partial charge in [0, 0.05) is 37.3 Å². The molecule has 1 amide bonds. The molecule has 1 atom stereocenters. The zero-order chi connectivity index (χ0) is 22.1. The highest BCUT2D eigenvalue weighted by Crippen LogP contribution is 2.25. The van der Waals surface area contributed by atoms with E-state index in [-0.39, 0.29) is 23.7 Å². The number of aromatic nitrogens is 2. The average molecular weight is 429 g/mol. The first-order valence-corrected chi connectivity index (χ1v) is 11.3. The molecule has 5 rings (SSSR count). The largest absolute Gasteiger partial charge is 0.348 e. The van der Waals surface area contributed by atoms with Gasteiger partial charge in [0.1, 0.15) is 0 Å². The summed E-state index contributed by atoms with van der Waals surface area (Å²) in [4.78, 5) is 30.6. The number of rotatable bonds is 5. The number of amides is 1. The normalized spacial score (nSPS) is 16.4. The predicted molar refractivity (Wildman–Crippen MR) is 128 cm³/mol. The van der Waals surface area contributed by atoms with Gasteiger partial charge >= 0.3 is 5.69 Å². The van der Waals surface area contributed by atoms with Gasteiger partial charge in [-0.05, 0) is 54.8 Å². The van der Waals surface area contributed by atoms with Crippen LogP contribution in [0.2, 0.25) is 0 Å². The fraction of sp³-hybridized carbons (Fsp3) is 0.308. The summed E-state index contributed by atoms with van der Waals surface area (Å²) in [6.07, 6.45) is 1.85. The number of hydrogen-bond acceptors (Lipinski definition) is 3. The number of carbonyl (C=O) groups is 1. The first-order chi connectivity index (χ1) is 15.6. The lowest BCUT2D eigenvalue weighted by molar-refractivity contribution is 0.0921. The van der Waals surface area contributed by atoms with Crippen LogP contribution in [0.15, 0.2) is 71.5 Å². The van der Waals surface area contributed by atoms with Gasteiger partial charge in [-0.3, -0.25) is 9.36 Å². The van der Waals surface area contributed by atoms with Crippen LogP contribution in [0.5, 0.6) is 0 Å². The Hall–Kier alpha value is -3.38. The third-order valence-corrected chi connectivity index (χ3v) is 6.47. The molecule has 3 aromatic carbocycles. The lowest BCUT2D eigenvalue weighted by Crippen LogP contribution is -2.45. The van der Waals surface area contributed by atoms with Crippen molar-refractivity contribution in [3.05, 3.63) is 82.8 Å². The molecule has 0 unspecified atom stereocenters. The highest BCUT2D eigenvalue weighted by atomic mass is 16.2. The first kappa shape index (κ1) is 20.5. The van der Waals surface area contributed by atoms with Crippen molar-refractivity contribution in [1.29, 1.82) is 0 Å². The van der Waals surface area contributed by atoms with Gasteiger partial charge in [0.25, 0.3) is 5.91 Å². The van der Waals surface area contributed by atoms with Crippen LogP contribution in [0.4, 0.5) is 0 Å². The highest BCUT2D eigenvalue weighted by molar-refractivity contribution is 5.98. The number of likely N-dealkylation sites (tertiary alicyclic amines) is 1. The number of H-pyrrole nitrogens is 1. The minimum absolute atomic E-state index is 0.0272. The Labute approximate surface area is 186 Å². The maximum absolute atomic E-state index is 12.7. The molecule has 1 fully saturated rings. The van der Waals surface area contributed by atoms with E-state index in [0.29, 0.717) is 5.56 Å². The number of imidazole rings is 1. The molecular weight excluding hydrogens is 400 g/mol. The molecular formula is C26H28N4O2. The number of nitrogens with zero attached hydrogens (tertiary/aromatic N) is 2. The summed E-state index contributed by atoms with van der Waals surface area (Å²) in [5.41, 5.74) is 2.53. The van der Waals surface area contributed by atoms with Crippen molar-refractivity contribution in [3.8, 4) is 0 Å². The maximum atomic E-state index is 12.7. The molecule has 164 valence electrons. The van der Waals surface area contributed by atoms with Crippen LogP contribution in [0, 0.1) is 0 Å². The van der Waals surface area contributed by atoms with E-state index in [2.05, 4.69) is 22.1 Å². The second-order valence-electron chi connectivity index (χ2n) is 8.79. The third kappa shape index (κ3) is 4.06. The number of nitrogens with one attached hydrogen (secondary N) is 2. The zero-order valence-electron chi connectivity index (χ0n) is 18.3. The zero-order valence-corrected chi connectivity index (χ0v) is 18.3. The number of benzene rings is 3. The quantitative estimate of drug-likeness (QED) is 0.506. The standard InChI is InChI=1S/C26H28N4O2/c1-18(27-25(31)21-11-10-19-6-2-3-7-20(19)16-21)17-29-14-12-22(13-15-29)30-24-9-5-4-8-23(24)28-26(30)32/h2-11,16,18,22H,12-15,17H2,1H3,(H,27,31)(H,28,32)/t18-/m0/s1. The summed E-state index contributed by atoms with van der Waals surface area (Å²) in [7, 11) is 0. The van der Waals surface area contributed by atoms with Gasteiger partial charge in [-0.2, -0.15) is 0 Å². The van der Waals surface area contributed by atoms with E-state index in [1.807, 2.05) is 71.3 Å². The number of aromatic amines is 1. The molecule has 2 heterocycles. The molecule has 6 nitrogen and oxygen atoms in total. The number of carbonyl (C=O) groups excluding carboxylic acids is 1. The Kier molecular flexibility index (Phi) is 5.53. The number of piperidine rings is 1. The third-order valence-electron chi connectivity index (χ3n) is 6.47. The molecule has 0 aliphatic carbocycles. The van der Waals surface area contributed by atoms with Crippen molar-refractivity contribution in [2.24, 2.45) is 0 Å². The van der Waals surface area contributed by atoms with Gasteiger partial charge in [0.05, 0.1) is 11.0 Å². The second kappa shape index (κ2) is 8.63. The maximum Gasteiger partial charge on any atom is 0.326 e. The fourth-order valence-electron chi connectivity index (χ4n) is 4.87. The minimum Gasteiger partial charge on any atom is -0.348 e. The molecule has 1 saturated heterocycles. The lowest BCUT2D eigenvalue weighted by atomic mass is 10.0. The van der Waals surface area contributed by atoms with Gasteiger partial charge in [-0.1, -0.05) is 42.5 Å². The Morgan fingerprint density at radius 1 is 1.03 bits per heavy atom. The molecule has 0 radical (unpaired) electrons. The molecule has 2 N–H and O–H groups in total. The van der Waals surface area contributed by atoms with Crippen molar-refractivity contribution in [1.82, 2.24) is 19.8 Å². The summed E-state index contributed by atoms with van der Waals surface area (Å²) in [6.45, 7) is 4.67. The van der Waals surface area contributed by atoms with Crippen molar-refractivity contribution in [3.63, 3.8) is 0 Å². The summed E-state index contributed by atoms with van der Waals surface area (Å²) in [6, 6.07) is 22.0. The minimum atomic E-state index is -0.0384. The van der Waals surface area contributed by atoms with Gasteiger partial charge in [0.15, 0.2) is 0 Å². The molecule has 1 aromatic heterocycles. The van der Waals surface area contributed by atoms with Gasteiger partial charge in [0.2, 0.25) is 0 Å². The predicted octanol–water partition coefficient (Wildman–Crippen LogP) is 3.94. The van der Waals surface area contributed by atoms with Crippen LogP contribution < -0.4 is 11.0 Å². The Morgan fingerprint density at radius 3 is 2.56 bits per heavy atom. The smallest absolute Gasteiger partial charge is 0.326 e. The Balaban J connectivity index is 1.18. The van der Waals surface area contributed by atoms with Crippen molar-refractivity contribution in [2.75, 3.05) is 19.6 Å². The first-order valence-electron chi connectivity index (χ1n) is 11.3. The highest BCUT2D eigenvalue weighted by Gasteiger charge is 2.24. The Bertz CT molecular complexity index is 1310. The number of para-hydroxylation sites is 2. The second-order valence-corrected chi connectivity index (χ2v) is 8.79. The monoisotopic (exact) mass is 428 g/mol.